The van der Waals surface area contributed by atoms with E-state index in [4.69, 9.17) is 10.5 Å². The number of carbonyl (C=O) groups excluding carboxylic acids is 1. The van der Waals surface area contributed by atoms with Gasteiger partial charge in [-0.25, -0.2) is 0 Å². The van der Waals surface area contributed by atoms with E-state index in [9.17, 15) is 4.79 Å². The Morgan fingerprint density at radius 3 is 2.52 bits per heavy atom. The zero-order valence-corrected chi connectivity index (χ0v) is 14.7. The molecule has 0 spiro atoms. The highest BCUT2D eigenvalue weighted by atomic mass is 16.5. The maximum atomic E-state index is 11.8. The molecule has 1 aromatic heterocycles. The molecular formula is C21H22N2O2. The van der Waals surface area contributed by atoms with Crippen LogP contribution >= 0.6 is 0 Å². The second-order valence-electron chi connectivity index (χ2n) is 6.20. The number of primary amides is 1. The Bertz CT molecular complexity index is 925. The molecule has 1 amide bonds. The molecule has 0 unspecified atom stereocenters. The first-order chi connectivity index (χ1) is 12.0. The van der Waals surface area contributed by atoms with Crippen molar-refractivity contribution in [1.82, 2.24) is 4.57 Å². The Hall–Kier alpha value is -3.01. The van der Waals surface area contributed by atoms with Crippen LogP contribution in [0.2, 0.25) is 0 Å². The topological polar surface area (TPSA) is 57.2 Å². The van der Waals surface area contributed by atoms with Gasteiger partial charge in [0.2, 0.25) is 0 Å². The highest BCUT2D eigenvalue weighted by Gasteiger charge is 2.17. The molecule has 0 aliphatic rings. The van der Waals surface area contributed by atoms with Crippen molar-refractivity contribution in [1.29, 1.82) is 0 Å². The molecule has 25 heavy (non-hydrogen) atoms. The molecular weight excluding hydrogens is 312 g/mol. The third kappa shape index (κ3) is 3.43. The molecule has 0 atom stereocenters. The standard InChI is InChI=1S/C21H22N2O2/c1-14-6-4-7-16(10-14)13-23-15(2)19(21(22)24)12-20(23)17-8-5-9-18(11-17)25-3/h4-12H,13H2,1-3H3,(H2,22,24). The zero-order chi connectivity index (χ0) is 18.0. The van der Waals surface area contributed by atoms with Crippen LogP contribution in [-0.2, 0) is 6.54 Å². The van der Waals surface area contributed by atoms with E-state index in [1.807, 2.05) is 43.3 Å². The molecule has 2 N–H and O–H groups in total. The molecule has 0 fully saturated rings. The molecule has 2 aromatic carbocycles. The van der Waals surface area contributed by atoms with Crippen LogP contribution in [0.25, 0.3) is 11.3 Å². The summed E-state index contributed by atoms with van der Waals surface area (Å²) in [6.45, 7) is 4.68. The molecule has 0 saturated carbocycles. The van der Waals surface area contributed by atoms with Crippen LogP contribution in [0.4, 0.5) is 0 Å². The number of rotatable bonds is 5. The minimum absolute atomic E-state index is 0.412. The Labute approximate surface area is 147 Å². The van der Waals surface area contributed by atoms with Gasteiger partial charge >= 0.3 is 0 Å². The van der Waals surface area contributed by atoms with Gasteiger partial charge in [0, 0.05) is 23.5 Å². The van der Waals surface area contributed by atoms with E-state index in [1.54, 1.807) is 7.11 Å². The molecule has 0 saturated heterocycles. The van der Waals surface area contributed by atoms with Crippen LogP contribution in [0.1, 0.15) is 27.2 Å². The van der Waals surface area contributed by atoms with Gasteiger partial charge in [-0.3, -0.25) is 4.79 Å². The summed E-state index contributed by atoms with van der Waals surface area (Å²) in [7, 11) is 1.64. The number of amides is 1. The average Bonchev–Trinajstić information content (AvgIpc) is 2.92. The van der Waals surface area contributed by atoms with Gasteiger partial charge in [0.1, 0.15) is 5.75 Å². The van der Waals surface area contributed by atoms with E-state index in [-0.39, 0.29) is 0 Å². The highest BCUT2D eigenvalue weighted by molar-refractivity contribution is 5.95. The molecule has 128 valence electrons. The van der Waals surface area contributed by atoms with Crippen LogP contribution in [0.5, 0.6) is 5.75 Å². The molecule has 0 radical (unpaired) electrons. The van der Waals surface area contributed by atoms with Crippen molar-refractivity contribution >= 4 is 5.91 Å². The summed E-state index contributed by atoms with van der Waals surface area (Å²) < 4.78 is 7.46. The third-order valence-electron chi connectivity index (χ3n) is 4.42. The van der Waals surface area contributed by atoms with Crippen LogP contribution in [0, 0.1) is 13.8 Å². The van der Waals surface area contributed by atoms with Crippen molar-refractivity contribution in [3.63, 3.8) is 0 Å². The van der Waals surface area contributed by atoms with Crippen molar-refractivity contribution in [3.8, 4) is 17.0 Å². The van der Waals surface area contributed by atoms with Gasteiger partial charge in [0.15, 0.2) is 0 Å². The van der Waals surface area contributed by atoms with Gasteiger partial charge in [-0.1, -0.05) is 42.0 Å². The van der Waals surface area contributed by atoms with Gasteiger partial charge in [0.25, 0.3) is 5.91 Å². The number of nitrogens with zero attached hydrogens (tertiary/aromatic N) is 1. The Kier molecular flexibility index (Phi) is 4.61. The predicted molar refractivity (Wildman–Crippen MR) is 100.0 cm³/mol. The summed E-state index contributed by atoms with van der Waals surface area (Å²) in [5, 5.41) is 0. The van der Waals surface area contributed by atoms with Gasteiger partial charge in [-0.2, -0.15) is 0 Å². The Morgan fingerprint density at radius 1 is 1.08 bits per heavy atom. The molecule has 3 rings (SSSR count). The number of carbonyl (C=O) groups is 1. The van der Waals surface area contributed by atoms with Crippen LogP contribution in [0.15, 0.2) is 54.6 Å². The minimum atomic E-state index is -0.412. The van der Waals surface area contributed by atoms with E-state index >= 15 is 0 Å². The fraction of sp³-hybridized carbons (Fsp3) is 0.190. The fourth-order valence-electron chi connectivity index (χ4n) is 3.11. The fourth-order valence-corrected chi connectivity index (χ4v) is 3.11. The molecule has 1 heterocycles. The number of ether oxygens (including phenoxy) is 1. The maximum absolute atomic E-state index is 11.8. The number of aromatic nitrogens is 1. The number of hydrogen-bond acceptors (Lipinski definition) is 2. The van der Waals surface area contributed by atoms with Gasteiger partial charge in [-0.15, -0.1) is 0 Å². The van der Waals surface area contributed by atoms with Crippen molar-refractivity contribution in [2.24, 2.45) is 5.73 Å². The van der Waals surface area contributed by atoms with Gasteiger partial charge in [-0.05, 0) is 37.6 Å². The van der Waals surface area contributed by atoms with Crippen molar-refractivity contribution in [2.75, 3.05) is 7.11 Å². The lowest BCUT2D eigenvalue weighted by atomic mass is 10.1. The summed E-state index contributed by atoms with van der Waals surface area (Å²) in [6, 6.07) is 18.0. The summed E-state index contributed by atoms with van der Waals surface area (Å²) in [5.41, 5.74) is 11.3. The summed E-state index contributed by atoms with van der Waals surface area (Å²) >= 11 is 0. The molecule has 0 bridgehead atoms. The van der Waals surface area contributed by atoms with Gasteiger partial charge < -0.3 is 15.0 Å². The molecule has 0 aliphatic carbocycles. The lowest BCUT2D eigenvalue weighted by molar-refractivity contribution is 0.0999. The predicted octanol–water partition coefficient (Wildman–Crippen LogP) is 3.93. The second kappa shape index (κ2) is 6.85. The van der Waals surface area contributed by atoms with E-state index in [2.05, 4.69) is 29.7 Å². The van der Waals surface area contributed by atoms with E-state index in [1.165, 1.54) is 11.1 Å². The first kappa shape index (κ1) is 16.8. The molecule has 4 nitrogen and oxygen atoms in total. The lowest BCUT2D eigenvalue weighted by Crippen LogP contribution is -2.12. The van der Waals surface area contributed by atoms with Gasteiger partial charge in [0.05, 0.1) is 12.7 Å². The largest absolute Gasteiger partial charge is 0.497 e. The normalized spacial score (nSPS) is 10.7. The summed E-state index contributed by atoms with van der Waals surface area (Å²) in [5.74, 6) is 0.365. The maximum Gasteiger partial charge on any atom is 0.250 e. The summed E-state index contributed by atoms with van der Waals surface area (Å²) in [6.07, 6.45) is 0. The minimum Gasteiger partial charge on any atom is -0.497 e. The average molecular weight is 334 g/mol. The number of methoxy groups -OCH3 is 1. The molecule has 4 heteroatoms. The number of hydrogen-bond donors (Lipinski definition) is 1. The quantitative estimate of drug-likeness (QED) is 0.768. The van der Waals surface area contributed by atoms with Crippen LogP contribution < -0.4 is 10.5 Å². The van der Waals surface area contributed by atoms with E-state index in [0.717, 1.165) is 22.7 Å². The first-order valence-corrected chi connectivity index (χ1v) is 8.19. The molecule has 0 aliphatic heterocycles. The molecule has 3 aromatic rings. The number of benzene rings is 2. The monoisotopic (exact) mass is 334 g/mol. The van der Waals surface area contributed by atoms with Crippen LogP contribution in [-0.4, -0.2) is 17.6 Å². The summed E-state index contributed by atoms with van der Waals surface area (Å²) in [4.78, 5) is 11.8. The third-order valence-corrected chi connectivity index (χ3v) is 4.42. The number of aryl methyl sites for hydroxylation is 1. The number of nitrogens with two attached hydrogens (primary N) is 1. The highest BCUT2D eigenvalue weighted by Crippen LogP contribution is 2.29. The Morgan fingerprint density at radius 2 is 1.84 bits per heavy atom. The zero-order valence-electron chi connectivity index (χ0n) is 14.7. The first-order valence-electron chi connectivity index (χ1n) is 8.19. The second-order valence-corrected chi connectivity index (χ2v) is 6.20. The SMILES string of the molecule is COc1cccc(-c2cc(C(N)=O)c(C)n2Cc2cccc(C)c2)c1. The smallest absolute Gasteiger partial charge is 0.250 e. The Balaban J connectivity index is 2.13. The van der Waals surface area contributed by atoms with E-state index < -0.39 is 5.91 Å². The van der Waals surface area contributed by atoms with Crippen molar-refractivity contribution < 1.29 is 9.53 Å². The van der Waals surface area contributed by atoms with Crippen LogP contribution in [0.3, 0.4) is 0 Å². The van der Waals surface area contributed by atoms with Crippen molar-refractivity contribution in [3.05, 3.63) is 77.0 Å². The van der Waals surface area contributed by atoms with Crippen molar-refractivity contribution in [2.45, 2.75) is 20.4 Å². The van der Waals surface area contributed by atoms with E-state index in [0.29, 0.717) is 12.1 Å². The lowest BCUT2D eigenvalue weighted by Gasteiger charge is -2.13.